The van der Waals surface area contributed by atoms with Crippen LogP contribution >= 0.6 is 0 Å². The normalized spacial score (nSPS) is 12.2. The van der Waals surface area contributed by atoms with Crippen LogP contribution in [0.5, 0.6) is 5.75 Å². The molecule has 0 aliphatic carbocycles. The van der Waals surface area contributed by atoms with E-state index in [2.05, 4.69) is 5.32 Å². The molecule has 1 atom stereocenters. The lowest BCUT2D eigenvalue weighted by Crippen LogP contribution is -2.40. The molecular formula is C14H17N3O3. The SMILES string of the molecule is COc1ccc2c(C(=O)CNC(=O)[C@H](C)N)ccn2c1. The predicted octanol–water partition coefficient (Wildman–Crippen LogP) is 0.594. The lowest BCUT2D eigenvalue weighted by molar-refractivity contribution is -0.121. The number of ketones is 1. The van der Waals surface area contributed by atoms with Crippen LogP contribution in [0, 0.1) is 0 Å². The van der Waals surface area contributed by atoms with Gasteiger partial charge in [-0.3, -0.25) is 9.59 Å². The first-order valence-corrected chi connectivity index (χ1v) is 6.24. The van der Waals surface area contributed by atoms with Gasteiger partial charge in [0.25, 0.3) is 0 Å². The van der Waals surface area contributed by atoms with E-state index in [1.54, 1.807) is 49.0 Å². The molecule has 0 unspecified atom stereocenters. The van der Waals surface area contributed by atoms with Crippen molar-refractivity contribution in [1.29, 1.82) is 0 Å². The van der Waals surface area contributed by atoms with Gasteiger partial charge in [0.15, 0.2) is 5.78 Å². The summed E-state index contributed by atoms with van der Waals surface area (Å²) in [5.74, 6) is 0.201. The van der Waals surface area contributed by atoms with Gasteiger partial charge in [-0.05, 0) is 25.1 Å². The van der Waals surface area contributed by atoms with Gasteiger partial charge in [0.05, 0.1) is 31.4 Å². The van der Waals surface area contributed by atoms with Crippen molar-refractivity contribution in [2.45, 2.75) is 13.0 Å². The van der Waals surface area contributed by atoms with Crippen LogP contribution in [-0.4, -0.2) is 35.8 Å². The summed E-state index contributed by atoms with van der Waals surface area (Å²) >= 11 is 0. The van der Waals surface area contributed by atoms with E-state index in [-0.39, 0.29) is 18.2 Å². The summed E-state index contributed by atoms with van der Waals surface area (Å²) in [6, 6.07) is 4.68. The number of amides is 1. The molecule has 20 heavy (non-hydrogen) atoms. The number of fused-ring (bicyclic) bond motifs is 1. The van der Waals surface area contributed by atoms with E-state index in [0.717, 1.165) is 5.52 Å². The summed E-state index contributed by atoms with van der Waals surface area (Å²) in [4.78, 5) is 23.5. The number of nitrogens with one attached hydrogen (secondary N) is 1. The molecule has 6 heteroatoms. The molecule has 0 aromatic carbocycles. The van der Waals surface area contributed by atoms with Gasteiger partial charge in [-0.1, -0.05) is 0 Å². The van der Waals surface area contributed by atoms with Crippen molar-refractivity contribution in [3.63, 3.8) is 0 Å². The van der Waals surface area contributed by atoms with Gasteiger partial charge in [0, 0.05) is 11.8 Å². The molecule has 2 aromatic rings. The molecule has 6 nitrogen and oxygen atoms in total. The summed E-state index contributed by atoms with van der Waals surface area (Å²) in [7, 11) is 1.58. The highest BCUT2D eigenvalue weighted by molar-refractivity contribution is 6.05. The highest BCUT2D eigenvalue weighted by Gasteiger charge is 2.14. The average molecular weight is 275 g/mol. The van der Waals surface area contributed by atoms with Crippen LogP contribution in [0.15, 0.2) is 30.6 Å². The Morgan fingerprint density at radius 2 is 2.15 bits per heavy atom. The molecule has 106 valence electrons. The number of carbonyl (C=O) groups is 2. The number of nitrogens with two attached hydrogens (primary N) is 1. The van der Waals surface area contributed by atoms with Crippen LogP contribution in [0.25, 0.3) is 5.52 Å². The molecule has 0 spiro atoms. The number of methoxy groups -OCH3 is 1. The van der Waals surface area contributed by atoms with E-state index >= 15 is 0 Å². The minimum absolute atomic E-state index is 0.0634. The number of rotatable bonds is 5. The number of aromatic nitrogens is 1. The highest BCUT2D eigenvalue weighted by Crippen LogP contribution is 2.18. The van der Waals surface area contributed by atoms with Crippen LogP contribution in [0.2, 0.25) is 0 Å². The lowest BCUT2D eigenvalue weighted by Gasteiger charge is -2.07. The Labute approximate surface area is 116 Å². The van der Waals surface area contributed by atoms with Crippen molar-refractivity contribution in [2.24, 2.45) is 5.73 Å². The third-order valence-electron chi connectivity index (χ3n) is 3.00. The molecule has 0 saturated heterocycles. The fourth-order valence-electron chi connectivity index (χ4n) is 1.87. The Kier molecular flexibility index (Phi) is 4.05. The highest BCUT2D eigenvalue weighted by atomic mass is 16.5. The molecule has 0 bridgehead atoms. The van der Waals surface area contributed by atoms with Crippen LogP contribution in [-0.2, 0) is 4.79 Å². The number of Topliss-reactive ketones (excluding diaryl/α,β-unsaturated/α-hetero) is 1. The van der Waals surface area contributed by atoms with Crippen LogP contribution in [0.3, 0.4) is 0 Å². The Morgan fingerprint density at radius 3 is 2.80 bits per heavy atom. The zero-order valence-corrected chi connectivity index (χ0v) is 11.4. The second-order valence-corrected chi connectivity index (χ2v) is 4.52. The Balaban J connectivity index is 2.16. The molecule has 2 heterocycles. The van der Waals surface area contributed by atoms with Crippen LogP contribution < -0.4 is 15.8 Å². The van der Waals surface area contributed by atoms with Crippen molar-refractivity contribution < 1.29 is 14.3 Å². The lowest BCUT2D eigenvalue weighted by atomic mass is 10.1. The first-order valence-electron chi connectivity index (χ1n) is 6.24. The minimum atomic E-state index is -0.627. The van der Waals surface area contributed by atoms with Crippen molar-refractivity contribution in [3.8, 4) is 5.75 Å². The van der Waals surface area contributed by atoms with Gasteiger partial charge in [0.1, 0.15) is 5.75 Å². The van der Waals surface area contributed by atoms with Gasteiger partial charge >= 0.3 is 0 Å². The van der Waals surface area contributed by atoms with E-state index in [4.69, 9.17) is 10.5 Å². The zero-order valence-electron chi connectivity index (χ0n) is 11.4. The number of carbonyl (C=O) groups excluding carboxylic acids is 2. The Morgan fingerprint density at radius 1 is 1.40 bits per heavy atom. The first kappa shape index (κ1) is 14.1. The summed E-state index contributed by atoms with van der Waals surface area (Å²) in [6.45, 7) is 1.51. The number of pyridine rings is 1. The topological polar surface area (TPSA) is 85.8 Å². The van der Waals surface area contributed by atoms with Gasteiger partial charge in [-0.15, -0.1) is 0 Å². The maximum absolute atomic E-state index is 12.1. The maximum Gasteiger partial charge on any atom is 0.237 e. The Bertz CT molecular complexity index is 646. The molecular weight excluding hydrogens is 258 g/mol. The molecule has 0 radical (unpaired) electrons. The fourth-order valence-corrected chi connectivity index (χ4v) is 1.87. The molecule has 2 rings (SSSR count). The van der Waals surface area contributed by atoms with Gasteiger partial charge < -0.3 is 20.2 Å². The molecule has 0 aliphatic rings. The standard InChI is InChI=1S/C14H17N3O3/c1-9(15)14(19)16-7-13(18)11-5-6-17-8-10(20-2)3-4-12(11)17/h3-6,8-9H,7,15H2,1-2H3,(H,16,19)/t9-/m0/s1. The van der Waals surface area contributed by atoms with Crippen LogP contribution in [0.4, 0.5) is 0 Å². The zero-order chi connectivity index (χ0) is 14.7. The van der Waals surface area contributed by atoms with Crippen molar-refractivity contribution in [2.75, 3.05) is 13.7 Å². The molecule has 0 aliphatic heterocycles. The predicted molar refractivity (Wildman–Crippen MR) is 74.9 cm³/mol. The smallest absolute Gasteiger partial charge is 0.237 e. The van der Waals surface area contributed by atoms with Crippen molar-refractivity contribution in [3.05, 3.63) is 36.2 Å². The van der Waals surface area contributed by atoms with Gasteiger partial charge in [0.2, 0.25) is 5.91 Å². The minimum Gasteiger partial charge on any atom is -0.495 e. The van der Waals surface area contributed by atoms with Crippen LogP contribution in [0.1, 0.15) is 17.3 Å². The number of hydrogen-bond donors (Lipinski definition) is 2. The number of nitrogens with zero attached hydrogens (tertiary/aromatic N) is 1. The molecule has 3 N–H and O–H groups in total. The first-order chi connectivity index (χ1) is 9.52. The summed E-state index contributed by atoms with van der Waals surface area (Å²) in [5, 5.41) is 2.51. The van der Waals surface area contributed by atoms with Crippen molar-refractivity contribution in [1.82, 2.24) is 9.72 Å². The van der Waals surface area contributed by atoms with Crippen molar-refractivity contribution >= 4 is 17.2 Å². The fraction of sp³-hybridized carbons (Fsp3) is 0.286. The summed E-state index contributed by atoms with van der Waals surface area (Å²) in [6.07, 6.45) is 3.56. The van der Waals surface area contributed by atoms with Gasteiger partial charge in [-0.2, -0.15) is 0 Å². The quantitative estimate of drug-likeness (QED) is 0.782. The van der Waals surface area contributed by atoms with E-state index in [1.807, 2.05) is 0 Å². The molecule has 0 saturated carbocycles. The number of ether oxygens (including phenoxy) is 1. The number of hydrogen-bond acceptors (Lipinski definition) is 4. The van der Waals surface area contributed by atoms with E-state index in [0.29, 0.717) is 11.3 Å². The summed E-state index contributed by atoms with van der Waals surface area (Å²) < 4.78 is 6.93. The molecule has 1 amide bonds. The summed E-state index contributed by atoms with van der Waals surface area (Å²) in [5.41, 5.74) is 6.74. The molecule has 0 fully saturated rings. The third-order valence-corrected chi connectivity index (χ3v) is 3.00. The molecule has 2 aromatic heterocycles. The Hall–Kier alpha value is -2.34. The second kappa shape index (κ2) is 5.75. The van der Waals surface area contributed by atoms with E-state index in [1.165, 1.54) is 0 Å². The monoisotopic (exact) mass is 275 g/mol. The largest absolute Gasteiger partial charge is 0.495 e. The second-order valence-electron chi connectivity index (χ2n) is 4.52. The van der Waals surface area contributed by atoms with E-state index < -0.39 is 6.04 Å². The van der Waals surface area contributed by atoms with Gasteiger partial charge in [-0.25, -0.2) is 0 Å². The van der Waals surface area contributed by atoms with E-state index in [9.17, 15) is 9.59 Å². The third kappa shape index (κ3) is 2.80. The maximum atomic E-state index is 12.1. The average Bonchev–Trinajstić information content (AvgIpc) is 2.86.